The minimum atomic E-state index is 0.313. The van der Waals surface area contributed by atoms with Gasteiger partial charge in [-0.1, -0.05) is 55.5 Å². The fourth-order valence-electron chi connectivity index (χ4n) is 5.03. The van der Waals surface area contributed by atoms with E-state index in [0.29, 0.717) is 24.5 Å². The summed E-state index contributed by atoms with van der Waals surface area (Å²) in [5.74, 6) is 3.98. The molecule has 0 spiro atoms. The van der Waals surface area contributed by atoms with Gasteiger partial charge in [0.15, 0.2) is 11.5 Å². The zero-order valence-electron chi connectivity index (χ0n) is 18.2. The van der Waals surface area contributed by atoms with E-state index < -0.39 is 0 Å². The second-order valence-electron chi connectivity index (χ2n) is 8.64. The molecule has 2 heterocycles. The van der Waals surface area contributed by atoms with Crippen LogP contribution in [0.15, 0.2) is 72.8 Å². The van der Waals surface area contributed by atoms with Crippen LogP contribution in [-0.2, 0) is 6.54 Å². The van der Waals surface area contributed by atoms with Crippen LogP contribution in [0.5, 0.6) is 17.2 Å². The first-order chi connectivity index (χ1) is 15.2. The van der Waals surface area contributed by atoms with E-state index in [4.69, 9.17) is 14.2 Å². The van der Waals surface area contributed by atoms with Crippen LogP contribution in [-0.4, -0.2) is 31.9 Å². The van der Waals surface area contributed by atoms with Gasteiger partial charge in [-0.25, -0.2) is 0 Å². The maximum Gasteiger partial charge on any atom is 0.231 e. The topological polar surface area (TPSA) is 30.9 Å². The summed E-state index contributed by atoms with van der Waals surface area (Å²) in [6.45, 7) is 5.74. The van der Waals surface area contributed by atoms with Crippen LogP contribution >= 0.6 is 0 Å². The third-order valence-electron chi connectivity index (χ3n) is 6.80. The van der Waals surface area contributed by atoms with Crippen molar-refractivity contribution in [2.45, 2.75) is 25.3 Å². The molecule has 0 aromatic heterocycles. The Labute approximate surface area is 184 Å². The minimum absolute atomic E-state index is 0.313. The number of ether oxygens (including phenoxy) is 3. The molecule has 1 fully saturated rings. The first kappa shape index (κ1) is 20.0. The summed E-state index contributed by atoms with van der Waals surface area (Å²) in [4.78, 5) is 2.60. The van der Waals surface area contributed by atoms with Crippen LogP contribution in [0.4, 0.5) is 0 Å². The van der Waals surface area contributed by atoms with Crippen LogP contribution in [0.1, 0.15) is 35.4 Å². The number of nitrogens with zero attached hydrogens (tertiary/aromatic N) is 1. The molecule has 160 valence electrons. The summed E-state index contributed by atoms with van der Waals surface area (Å²) >= 11 is 0. The number of fused-ring (bicyclic) bond motifs is 1. The van der Waals surface area contributed by atoms with Gasteiger partial charge < -0.3 is 14.2 Å². The zero-order valence-corrected chi connectivity index (χ0v) is 18.2. The molecule has 2 aliphatic heterocycles. The van der Waals surface area contributed by atoms with E-state index in [9.17, 15) is 0 Å². The largest absolute Gasteiger partial charge is 0.497 e. The van der Waals surface area contributed by atoms with E-state index in [1.54, 1.807) is 7.11 Å². The lowest BCUT2D eigenvalue weighted by atomic mass is 9.72. The Morgan fingerprint density at radius 1 is 0.839 bits per heavy atom. The summed E-state index contributed by atoms with van der Waals surface area (Å²) < 4.78 is 16.6. The van der Waals surface area contributed by atoms with E-state index in [-0.39, 0.29) is 0 Å². The highest BCUT2D eigenvalue weighted by Crippen LogP contribution is 2.44. The smallest absolute Gasteiger partial charge is 0.231 e. The van der Waals surface area contributed by atoms with Gasteiger partial charge in [-0.3, -0.25) is 4.90 Å². The summed E-state index contributed by atoms with van der Waals surface area (Å²) in [5.41, 5.74) is 4.06. The molecular formula is C27H29NO3. The highest BCUT2D eigenvalue weighted by molar-refractivity contribution is 5.46. The Hall–Kier alpha value is -2.98. The average Bonchev–Trinajstić information content (AvgIpc) is 3.29. The lowest BCUT2D eigenvalue weighted by Crippen LogP contribution is -2.42. The van der Waals surface area contributed by atoms with Crippen molar-refractivity contribution < 1.29 is 14.2 Å². The van der Waals surface area contributed by atoms with Gasteiger partial charge in [0.2, 0.25) is 6.79 Å². The zero-order chi connectivity index (χ0) is 21.2. The molecule has 3 unspecified atom stereocenters. The van der Waals surface area contributed by atoms with Crippen molar-refractivity contribution in [2.75, 3.05) is 27.0 Å². The molecule has 0 saturated carbocycles. The van der Waals surface area contributed by atoms with Crippen molar-refractivity contribution in [2.24, 2.45) is 5.92 Å². The molecule has 3 atom stereocenters. The van der Waals surface area contributed by atoms with Crippen LogP contribution in [0.25, 0.3) is 0 Å². The summed E-state index contributed by atoms with van der Waals surface area (Å²) in [6.07, 6.45) is 0. The minimum Gasteiger partial charge on any atom is -0.497 e. The molecule has 2 aliphatic rings. The summed E-state index contributed by atoms with van der Waals surface area (Å²) in [6, 6.07) is 25.8. The fourth-order valence-corrected chi connectivity index (χ4v) is 5.03. The number of piperidine rings is 1. The molecule has 0 amide bonds. The Morgan fingerprint density at radius 2 is 1.52 bits per heavy atom. The molecule has 3 aromatic carbocycles. The normalized spacial score (nSPS) is 23.0. The maximum atomic E-state index is 5.67. The van der Waals surface area contributed by atoms with Gasteiger partial charge in [-0.15, -0.1) is 0 Å². The molecule has 4 heteroatoms. The van der Waals surface area contributed by atoms with Crippen LogP contribution in [0.3, 0.4) is 0 Å². The van der Waals surface area contributed by atoms with Crippen molar-refractivity contribution >= 4 is 0 Å². The Morgan fingerprint density at radius 3 is 2.26 bits per heavy atom. The standard InChI is InChI=1S/C27H29NO3/c1-19-24(21-8-11-23(29-2)12-9-21)16-28(15-20-6-4-3-5-7-20)17-25(19)22-10-13-26-27(14-22)31-18-30-26/h3-14,19,24-25H,15-18H2,1-2H3. The molecule has 4 nitrogen and oxygen atoms in total. The second-order valence-corrected chi connectivity index (χ2v) is 8.64. The molecule has 1 saturated heterocycles. The third-order valence-corrected chi connectivity index (χ3v) is 6.80. The van der Waals surface area contributed by atoms with E-state index in [0.717, 1.165) is 36.9 Å². The van der Waals surface area contributed by atoms with E-state index in [2.05, 4.69) is 84.6 Å². The molecule has 0 radical (unpaired) electrons. The van der Waals surface area contributed by atoms with Gasteiger partial charge in [0.25, 0.3) is 0 Å². The summed E-state index contributed by atoms with van der Waals surface area (Å²) in [5, 5.41) is 0. The Bertz CT molecular complexity index is 1020. The van der Waals surface area contributed by atoms with Crippen molar-refractivity contribution in [3.8, 4) is 17.2 Å². The molecule has 3 aromatic rings. The molecule has 0 bridgehead atoms. The predicted octanol–water partition coefficient (Wildman–Crippen LogP) is 5.44. The van der Waals surface area contributed by atoms with Crippen LogP contribution in [0, 0.1) is 5.92 Å². The highest BCUT2D eigenvalue weighted by Gasteiger charge is 2.36. The highest BCUT2D eigenvalue weighted by atomic mass is 16.7. The Balaban J connectivity index is 1.46. The van der Waals surface area contributed by atoms with E-state index >= 15 is 0 Å². The molecular weight excluding hydrogens is 386 g/mol. The lowest BCUT2D eigenvalue weighted by molar-refractivity contribution is 0.136. The van der Waals surface area contributed by atoms with Crippen LogP contribution < -0.4 is 14.2 Å². The van der Waals surface area contributed by atoms with E-state index in [1.807, 2.05) is 0 Å². The first-order valence-electron chi connectivity index (χ1n) is 11.0. The van der Waals surface area contributed by atoms with Gasteiger partial charge in [-0.2, -0.15) is 0 Å². The molecule has 0 aliphatic carbocycles. The average molecular weight is 416 g/mol. The number of hydrogen-bond acceptors (Lipinski definition) is 4. The van der Waals surface area contributed by atoms with Crippen molar-refractivity contribution in [3.63, 3.8) is 0 Å². The van der Waals surface area contributed by atoms with E-state index in [1.165, 1.54) is 16.7 Å². The Kier molecular flexibility index (Phi) is 5.56. The fraction of sp³-hybridized carbons (Fsp3) is 0.333. The number of likely N-dealkylation sites (tertiary alicyclic amines) is 1. The SMILES string of the molecule is COc1ccc(C2CN(Cc3ccccc3)CC(c3ccc4c(c3)OCO4)C2C)cc1. The maximum absolute atomic E-state index is 5.67. The first-order valence-corrected chi connectivity index (χ1v) is 11.0. The monoisotopic (exact) mass is 415 g/mol. The van der Waals surface area contributed by atoms with Gasteiger partial charge in [0, 0.05) is 19.6 Å². The van der Waals surface area contributed by atoms with Crippen molar-refractivity contribution in [1.82, 2.24) is 4.90 Å². The number of hydrogen-bond donors (Lipinski definition) is 0. The lowest BCUT2D eigenvalue weighted by Gasteiger charge is -2.43. The number of benzene rings is 3. The molecule has 31 heavy (non-hydrogen) atoms. The summed E-state index contributed by atoms with van der Waals surface area (Å²) in [7, 11) is 1.72. The number of rotatable bonds is 5. The molecule has 0 N–H and O–H groups in total. The van der Waals surface area contributed by atoms with Crippen LogP contribution in [0.2, 0.25) is 0 Å². The quantitative estimate of drug-likeness (QED) is 0.555. The van der Waals surface area contributed by atoms with Crippen molar-refractivity contribution in [3.05, 3.63) is 89.5 Å². The predicted molar refractivity (Wildman–Crippen MR) is 122 cm³/mol. The van der Waals surface area contributed by atoms with Gasteiger partial charge in [0.05, 0.1) is 7.11 Å². The van der Waals surface area contributed by atoms with Gasteiger partial charge in [-0.05, 0) is 58.7 Å². The number of methoxy groups -OCH3 is 1. The molecule has 5 rings (SSSR count). The van der Waals surface area contributed by atoms with Gasteiger partial charge >= 0.3 is 0 Å². The second kappa shape index (κ2) is 8.64. The van der Waals surface area contributed by atoms with Gasteiger partial charge in [0.1, 0.15) is 5.75 Å². The van der Waals surface area contributed by atoms with Crippen molar-refractivity contribution in [1.29, 1.82) is 0 Å². The third kappa shape index (κ3) is 4.13.